The van der Waals surface area contributed by atoms with E-state index in [1.54, 1.807) is 0 Å². The SMILES string of the molecule is CN(C)c1ccc(C[N-]c2nn[nH]n2)cc1. The van der Waals surface area contributed by atoms with Gasteiger partial charge in [0.15, 0.2) is 0 Å². The molecular weight excluding hydrogens is 204 g/mol. The zero-order valence-electron chi connectivity index (χ0n) is 9.25. The molecule has 0 saturated heterocycles. The summed E-state index contributed by atoms with van der Waals surface area (Å²) in [5.74, 6) is 0.386. The predicted molar refractivity (Wildman–Crippen MR) is 61.7 cm³/mol. The molecule has 1 aromatic carbocycles. The molecule has 84 valence electrons. The molecular formula is C10H13N6-. The second-order valence-corrected chi connectivity index (χ2v) is 3.59. The molecule has 0 radical (unpaired) electrons. The molecule has 0 saturated carbocycles. The lowest BCUT2D eigenvalue weighted by Crippen LogP contribution is -2.08. The molecule has 6 heteroatoms. The van der Waals surface area contributed by atoms with Crippen LogP contribution in [0.15, 0.2) is 24.3 Å². The fourth-order valence-corrected chi connectivity index (χ4v) is 1.29. The number of nitrogens with zero attached hydrogens (tertiary/aromatic N) is 5. The lowest BCUT2D eigenvalue weighted by Gasteiger charge is -2.13. The van der Waals surface area contributed by atoms with Crippen LogP contribution in [0.5, 0.6) is 0 Å². The van der Waals surface area contributed by atoms with Crippen molar-refractivity contribution in [3.8, 4) is 0 Å². The van der Waals surface area contributed by atoms with Crippen LogP contribution in [0.2, 0.25) is 0 Å². The molecule has 0 atom stereocenters. The Kier molecular flexibility index (Phi) is 3.00. The molecule has 2 aromatic rings. The summed E-state index contributed by atoms with van der Waals surface area (Å²) in [5.41, 5.74) is 2.29. The number of aromatic amines is 1. The molecule has 16 heavy (non-hydrogen) atoms. The van der Waals surface area contributed by atoms with Gasteiger partial charge in [-0.2, -0.15) is 0 Å². The lowest BCUT2D eigenvalue weighted by molar-refractivity contribution is 0.881. The molecule has 0 unspecified atom stereocenters. The largest absolute Gasteiger partial charge is 0.386 e. The number of aromatic nitrogens is 4. The quantitative estimate of drug-likeness (QED) is 0.841. The summed E-state index contributed by atoms with van der Waals surface area (Å²) in [6.07, 6.45) is 0. The molecule has 0 amide bonds. The van der Waals surface area contributed by atoms with Crippen molar-refractivity contribution in [3.63, 3.8) is 0 Å². The number of rotatable bonds is 4. The van der Waals surface area contributed by atoms with Gasteiger partial charge in [0.2, 0.25) is 0 Å². The van der Waals surface area contributed by atoms with Crippen LogP contribution in [0.3, 0.4) is 0 Å². The van der Waals surface area contributed by atoms with E-state index in [4.69, 9.17) is 0 Å². The van der Waals surface area contributed by atoms with Crippen LogP contribution < -0.4 is 4.90 Å². The van der Waals surface area contributed by atoms with Crippen molar-refractivity contribution in [2.45, 2.75) is 6.54 Å². The Balaban J connectivity index is 1.95. The normalized spacial score (nSPS) is 10.1. The Bertz CT molecular complexity index is 419. The van der Waals surface area contributed by atoms with Gasteiger partial charge in [-0.05, 0) is 17.7 Å². The Morgan fingerprint density at radius 1 is 1.25 bits per heavy atom. The third-order valence-electron chi connectivity index (χ3n) is 2.19. The van der Waals surface area contributed by atoms with E-state index in [0.29, 0.717) is 12.5 Å². The summed E-state index contributed by atoms with van der Waals surface area (Å²) in [7, 11) is 4.03. The molecule has 6 nitrogen and oxygen atoms in total. The highest BCUT2D eigenvalue weighted by Crippen LogP contribution is 2.17. The maximum atomic E-state index is 4.18. The summed E-state index contributed by atoms with van der Waals surface area (Å²) in [6.45, 7) is 0.563. The number of nitrogens with one attached hydrogen (secondary N) is 1. The number of anilines is 1. The summed E-state index contributed by atoms with van der Waals surface area (Å²) in [4.78, 5) is 2.06. The summed E-state index contributed by atoms with van der Waals surface area (Å²) in [6, 6.07) is 8.19. The van der Waals surface area contributed by atoms with Crippen LogP contribution in [0, 0.1) is 0 Å². The lowest BCUT2D eigenvalue weighted by atomic mass is 10.2. The van der Waals surface area contributed by atoms with Crippen LogP contribution in [-0.2, 0) is 6.54 Å². The van der Waals surface area contributed by atoms with Gasteiger partial charge in [0.05, 0.1) is 5.95 Å². The molecule has 1 aromatic heterocycles. The Morgan fingerprint density at radius 3 is 2.56 bits per heavy atom. The second-order valence-electron chi connectivity index (χ2n) is 3.59. The highest BCUT2D eigenvalue weighted by Gasteiger charge is 1.95. The Hall–Kier alpha value is -2.11. The van der Waals surface area contributed by atoms with Gasteiger partial charge in [-0.1, -0.05) is 12.1 Å². The number of H-pyrrole nitrogens is 1. The van der Waals surface area contributed by atoms with E-state index < -0.39 is 0 Å². The minimum Gasteiger partial charge on any atom is -0.386 e. The van der Waals surface area contributed by atoms with Crippen LogP contribution >= 0.6 is 0 Å². The molecule has 0 spiro atoms. The maximum Gasteiger partial charge on any atom is 0.0617 e. The minimum atomic E-state index is 0.386. The molecule has 0 bridgehead atoms. The predicted octanol–water partition coefficient (Wildman–Crippen LogP) is 1.47. The fraction of sp³-hybridized carbons (Fsp3) is 0.300. The second kappa shape index (κ2) is 4.61. The Morgan fingerprint density at radius 2 is 2.00 bits per heavy atom. The van der Waals surface area contributed by atoms with Gasteiger partial charge in [-0.15, -0.1) is 5.21 Å². The van der Waals surface area contributed by atoms with Crippen LogP contribution in [0.1, 0.15) is 5.56 Å². The van der Waals surface area contributed by atoms with Gasteiger partial charge in [-0.3, -0.25) is 15.4 Å². The number of tetrazole rings is 1. The molecule has 2 rings (SSSR count). The molecule has 1 N–H and O–H groups in total. The van der Waals surface area contributed by atoms with Gasteiger partial charge >= 0.3 is 0 Å². The standard InChI is InChI=1S/C10H13N6/c1-16(2)9-5-3-8(4-6-9)7-11-10-12-14-15-13-10/h3-6H,7H2,1-2H3,(H-,11,12,13,14,15)/q-1. The highest BCUT2D eigenvalue weighted by atomic mass is 15.5. The van der Waals surface area contributed by atoms with E-state index in [0.717, 1.165) is 5.56 Å². The first-order valence-electron chi connectivity index (χ1n) is 4.93. The van der Waals surface area contributed by atoms with Gasteiger partial charge in [0.1, 0.15) is 0 Å². The fourth-order valence-electron chi connectivity index (χ4n) is 1.29. The van der Waals surface area contributed by atoms with E-state index in [2.05, 4.69) is 43.0 Å². The third-order valence-corrected chi connectivity index (χ3v) is 2.19. The van der Waals surface area contributed by atoms with Gasteiger partial charge in [0.25, 0.3) is 0 Å². The van der Waals surface area contributed by atoms with Crippen molar-refractivity contribution in [1.29, 1.82) is 0 Å². The van der Waals surface area contributed by atoms with Crippen molar-refractivity contribution >= 4 is 11.6 Å². The number of benzene rings is 1. The summed E-state index contributed by atoms with van der Waals surface area (Å²) < 4.78 is 0. The zero-order chi connectivity index (χ0) is 11.4. The first-order valence-corrected chi connectivity index (χ1v) is 4.93. The van der Waals surface area contributed by atoms with Gasteiger partial charge in [-0.25, -0.2) is 0 Å². The first kappa shape index (κ1) is 10.4. The van der Waals surface area contributed by atoms with Crippen LogP contribution in [-0.4, -0.2) is 34.7 Å². The van der Waals surface area contributed by atoms with Crippen LogP contribution in [0.25, 0.3) is 5.32 Å². The van der Waals surface area contributed by atoms with E-state index >= 15 is 0 Å². The number of hydrogen-bond acceptors (Lipinski definition) is 4. The van der Waals surface area contributed by atoms with Gasteiger partial charge < -0.3 is 10.2 Å². The Labute approximate surface area is 93.7 Å². The average Bonchev–Trinajstić information content (AvgIpc) is 2.80. The minimum absolute atomic E-state index is 0.386. The third kappa shape index (κ3) is 2.47. The van der Waals surface area contributed by atoms with Crippen molar-refractivity contribution < 1.29 is 0 Å². The molecule has 0 fully saturated rings. The van der Waals surface area contributed by atoms with Crippen molar-refractivity contribution in [2.24, 2.45) is 0 Å². The molecule has 0 aliphatic heterocycles. The summed E-state index contributed by atoms with van der Waals surface area (Å²) in [5, 5.41) is 17.5. The van der Waals surface area contributed by atoms with Crippen molar-refractivity contribution in [2.75, 3.05) is 19.0 Å². The highest BCUT2D eigenvalue weighted by molar-refractivity contribution is 5.46. The average molecular weight is 217 g/mol. The topological polar surface area (TPSA) is 71.8 Å². The first-order chi connectivity index (χ1) is 7.75. The van der Waals surface area contributed by atoms with E-state index in [1.165, 1.54) is 5.69 Å². The summed E-state index contributed by atoms with van der Waals surface area (Å²) >= 11 is 0. The van der Waals surface area contributed by atoms with Crippen LogP contribution in [0.4, 0.5) is 11.6 Å². The van der Waals surface area contributed by atoms with E-state index in [1.807, 2.05) is 26.2 Å². The van der Waals surface area contributed by atoms with Crippen molar-refractivity contribution in [3.05, 3.63) is 35.1 Å². The number of hydrogen-bond donors (Lipinski definition) is 1. The van der Waals surface area contributed by atoms with Gasteiger partial charge in [0, 0.05) is 26.3 Å². The zero-order valence-corrected chi connectivity index (χ0v) is 9.25. The van der Waals surface area contributed by atoms with Crippen molar-refractivity contribution in [1.82, 2.24) is 20.6 Å². The van der Waals surface area contributed by atoms with E-state index in [9.17, 15) is 0 Å². The molecule has 0 aliphatic carbocycles. The maximum absolute atomic E-state index is 4.18. The smallest absolute Gasteiger partial charge is 0.0617 e. The molecule has 1 heterocycles. The molecule has 0 aliphatic rings. The monoisotopic (exact) mass is 217 g/mol. The van der Waals surface area contributed by atoms with E-state index in [-0.39, 0.29) is 0 Å².